The number of phenols is 1. The molecule has 1 fully saturated rings. The number of nitrogens with zero attached hydrogens (tertiary/aromatic N) is 1. The Kier molecular flexibility index (Phi) is 5.03. The summed E-state index contributed by atoms with van der Waals surface area (Å²) in [6.45, 7) is 2.93. The molecule has 23 heavy (non-hydrogen) atoms. The predicted octanol–water partition coefficient (Wildman–Crippen LogP) is 3.16. The molecule has 4 nitrogen and oxygen atoms in total. The minimum Gasteiger partial charge on any atom is -0.508 e. The van der Waals surface area contributed by atoms with Gasteiger partial charge in [-0.1, -0.05) is 12.1 Å². The Bertz CT molecular complexity index is 620. The Morgan fingerprint density at radius 3 is 2.52 bits per heavy atom. The first-order valence-electron chi connectivity index (χ1n) is 8.15. The molecular weight excluding hydrogens is 288 g/mol. The smallest absolute Gasteiger partial charge is 0.119 e. The molecule has 2 aromatic carbocycles. The highest BCUT2D eigenvalue weighted by molar-refractivity contribution is 5.49. The molecule has 1 aliphatic heterocycles. The van der Waals surface area contributed by atoms with E-state index in [4.69, 9.17) is 4.74 Å². The zero-order valence-corrected chi connectivity index (χ0v) is 13.5. The predicted molar refractivity (Wildman–Crippen MR) is 93.2 cm³/mol. The quantitative estimate of drug-likeness (QED) is 0.890. The molecule has 122 valence electrons. The lowest BCUT2D eigenvalue weighted by atomic mass is 10.0. The number of phenolic OH excluding ortho intramolecular Hbond substituents is 1. The second-order valence-electron chi connectivity index (χ2n) is 6.01. The molecule has 1 saturated heterocycles. The molecule has 3 rings (SSSR count). The van der Waals surface area contributed by atoms with Crippen molar-refractivity contribution in [2.75, 3.05) is 25.1 Å². The van der Waals surface area contributed by atoms with Gasteiger partial charge in [-0.2, -0.15) is 0 Å². The molecule has 4 heteroatoms. The fourth-order valence-corrected chi connectivity index (χ4v) is 3.06. The topological polar surface area (TPSA) is 44.7 Å². The Labute approximate surface area is 137 Å². The van der Waals surface area contributed by atoms with Gasteiger partial charge in [0.2, 0.25) is 0 Å². The molecular formula is C19H24N2O2. The summed E-state index contributed by atoms with van der Waals surface area (Å²) in [4.78, 5) is 2.42. The van der Waals surface area contributed by atoms with Crippen molar-refractivity contribution in [2.24, 2.45) is 0 Å². The van der Waals surface area contributed by atoms with Crippen LogP contribution in [0.4, 0.5) is 5.69 Å². The number of aromatic hydroxyl groups is 1. The van der Waals surface area contributed by atoms with Gasteiger partial charge >= 0.3 is 0 Å². The van der Waals surface area contributed by atoms with Gasteiger partial charge in [-0.05, 0) is 54.8 Å². The van der Waals surface area contributed by atoms with Gasteiger partial charge in [-0.25, -0.2) is 0 Å². The third-order valence-electron chi connectivity index (χ3n) is 4.44. The van der Waals surface area contributed by atoms with Gasteiger partial charge in [0.15, 0.2) is 0 Å². The van der Waals surface area contributed by atoms with Crippen LogP contribution < -0.4 is 15.0 Å². The number of rotatable bonds is 5. The van der Waals surface area contributed by atoms with E-state index in [1.54, 1.807) is 13.2 Å². The van der Waals surface area contributed by atoms with Crippen LogP contribution in [0.1, 0.15) is 18.4 Å². The summed E-state index contributed by atoms with van der Waals surface area (Å²) in [7, 11) is 1.69. The minimum atomic E-state index is 0.332. The number of methoxy groups -OCH3 is 1. The van der Waals surface area contributed by atoms with Crippen molar-refractivity contribution >= 4 is 5.69 Å². The Morgan fingerprint density at radius 1 is 1.13 bits per heavy atom. The van der Waals surface area contributed by atoms with Crippen LogP contribution in [0.2, 0.25) is 0 Å². The molecule has 0 aliphatic carbocycles. The Morgan fingerprint density at radius 2 is 1.87 bits per heavy atom. The van der Waals surface area contributed by atoms with E-state index in [9.17, 15) is 5.11 Å². The van der Waals surface area contributed by atoms with Crippen molar-refractivity contribution in [1.29, 1.82) is 0 Å². The number of nitrogens with one attached hydrogen (secondary N) is 1. The summed E-state index contributed by atoms with van der Waals surface area (Å²) in [5, 5.41) is 13.1. The van der Waals surface area contributed by atoms with E-state index in [1.807, 2.05) is 30.3 Å². The van der Waals surface area contributed by atoms with Gasteiger partial charge in [0.1, 0.15) is 11.5 Å². The van der Waals surface area contributed by atoms with Gasteiger partial charge in [0, 0.05) is 31.4 Å². The number of ether oxygens (including phenoxy) is 1. The molecule has 0 amide bonds. The summed E-state index contributed by atoms with van der Waals surface area (Å²) < 4.78 is 5.21. The van der Waals surface area contributed by atoms with Crippen molar-refractivity contribution < 1.29 is 9.84 Å². The molecule has 0 radical (unpaired) electrons. The summed E-state index contributed by atoms with van der Waals surface area (Å²) in [5.41, 5.74) is 2.39. The maximum atomic E-state index is 9.50. The first-order chi connectivity index (χ1) is 11.2. The molecule has 2 aromatic rings. The average molecular weight is 312 g/mol. The van der Waals surface area contributed by atoms with Crippen molar-refractivity contribution in [3.63, 3.8) is 0 Å². The molecule has 0 atom stereocenters. The van der Waals surface area contributed by atoms with E-state index in [-0.39, 0.29) is 0 Å². The average Bonchev–Trinajstić information content (AvgIpc) is 2.61. The maximum absolute atomic E-state index is 9.50. The Balaban J connectivity index is 1.48. The van der Waals surface area contributed by atoms with Gasteiger partial charge in [-0.15, -0.1) is 0 Å². The lowest BCUT2D eigenvalue weighted by Crippen LogP contribution is -2.42. The second kappa shape index (κ2) is 7.38. The number of anilines is 1. The third-order valence-corrected chi connectivity index (χ3v) is 4.44. The molecule has 1 heterocycles. The normalized spacial score (nSPS) is 15.6. The van der Waals surface area contributed by atoms with Gasteiger partial charge in [-0.3, -0.25) is 0 Å². The van der Waals surface area contributed by atoms with Crippen molar-refractivity contribution in [2.45, 2.75) is 25.4 Å². The molecule has 0 aromatic heterocycles. The highest BCUT2D eigenvalue weighted by Gasteiger charge is 2.19. The molecule has 0 saturated carbocycles. The zero-order valence-electron chi connectivity index (χ0n) is 13.5. The van der Waals surface area contributed by atoms with Crippen LogP contribution >= 0.6 is 0 Å². The van der Waals surface area contributed by atoms with Crippen LogP contribution in [-0.4, -0.2) is 31.3 Å². The summed E-state index contributed by atoms with van der Waals surface area (Å²) in [5.74, 6) is 1.23. The third kappa shape index (κ3) is 4.17. The highest BCUT2D eigenvalue weighted by atomic mass is 16.5. The van der Waals surface area contributed by atoms with Gasteiger partial charge in [0.05, 0.1) is 7.11 Å². The number of benzene rings is 2. The van der Waals surface area contributed by atoms with Crippen molar-refractivity contribution in [3.05, 3.63) is 54.1 Å². The van der Waals surface area contributed by atoms with E-state index >= 15 is 0 Å². The monoisotopic (exact) mass is 312 g/mol. The van der Waals surface area contributed by atoms with Crippen LogP contribution in [0.15, 0.2) is 48.5 Å². The van der Waals surface area contributed by atoms with E-state index in [2.05, 4.69) is 22.3 Å². The Hall–Kier alpha value is -2.20. The van der Waals surface area contributed by atoms with Crippen molar-refractivity contribution in [1.82, 2.24) is 5.32 Å². The van der Waals surface area contributed by atoms with Gasteiger partial charge in [0.25, 0.3) is 0 Å². The lowest BCUT2D eigenvalue weighted by Gasteiger charge is -2.34. The molecule has 0 bridgehead atoms. The molecule has 2 N–H and O–H groups in total. The number of hydrogen-bond donors (Lipinski definition) is 2. The van der Waals surface area contributed by atoms with E-state index < -0.39 is 0 Å². The van der Waals surface area contributed by atoms with E-state index in [0.29, 0.717) is 11.8 Å². The van der Waals surface area contributed by atoms with E-state index in [1.165, 1.54) is 5.69 Å². The number of hydrogen-bond acceptors (Lipinski definition) is 4. The van der Waals surface area contributed by atoms with Crippen LogP contribution in [0.3, 0.4) is 0 Å². The largest absolute Gasteiger partial charge is 0.508 e. The first-order valence-corrected chi connectivity index (χ1v) is 8.15. The highest BCUT2D eigenvalue weighted by Crippen LogP contribution is 2.23. The molecule has 1 aliphatic rings. The van der Waals surface area contributed by atoms with Crippen LogP contribution in [-0.2, 0) is 6.54 Å². The first kappa shape index (κ1) is 15.7. The van der Waals surface area contributed by atoms with Crippen LogP contribution in [0.25, 0.3) is 0 Å². The SMILES string of the molecule is COc1ccc(N2CCC(NCc3cccc(O)c3)CC2)cc1. The zero-order chi connectivity index (χ0) is 16.1. The maximum Gasteiger partial charge on any atom is 0.119 e. The lowest BCUT2D eigenvalue weighted by molar-refractivity contribution is 0.410. The van der Waals surface area contributed by atoms with Crippen molar-refractivity contribution in [3.8, 4) is 11.5 Å². The summed E-state index contributed by atoms with van der Waals surface area (Å²) in [6.07, 6.45) is 2.26. The van der Waals surface area contributed by atoms with Crippen LogP contribution in [0, 0.1) is 0 Å². The summed E-state index contributed by atoms with van der Waals surface area (Å²) in [6, 6.07) is 16.3. The fraction of sp³-hybridized carbons (Fsp3) is 0.368. The minimum absolute atomic E-state index is 0.332. The number of piperidine rings is 1. The molecule has 0 unspecified atom stereocenters. The van der Waals surface area contributed by atoms with Gasteiger partial charge < -0.3 is 20.1 Å². The molecule has 0 spiro atoms. The fourth-order valence-electron chi connectivity index (χ4n) is 3.06. The second-order valence-corrected chi connectivity index (χ2v) is 6.01. The summed E-state index contributed by atoms with van der Waals surface area (Å²) >= 11 is 0. The van der Waals surface area contributed by atoms with E-state index in [0.717, 1.165) is 43.8 Å². The van der Waals surface area contributed by atoms with Crippen LogP contribution in [0.5, 0.6) is 11.5 Å². The standard InChI is InChI=1S/C19H24N2O2/c1-23-19-7-5-17(6-8-19)21-11-9-16(10-12-21)20-14-15-3-2-4-18(22)13-15/h2-8,13,16,20,22H,9-12,14H2,1H3.